The summed E-state index contributed by atoms with van der Waals surface area (Å²) in [6.45, 7) is 7.00. The number of carbonyl (C=O) groups is 1. The van der Waals surface area contributed by atoms with Gasteiger partial charge in [-0.25, -0.2) is 0 Å². The first kappa shape index (κ1) is 16.0. The molecule has 0 spiro atoms. The summed E-state index contributed by atoms with van der Waals surface area (Å²) in [6.07, 6.45) is 8.10. The molecule has 0 radical (unpaired) electrons. The van der Waals surface area contributed by atoms with Crippen LogP contribution in [0.15, 0.2) is 18.5 Å². The molecule has 0 bridgehead atoms. The molecule has 5 nitrogen and oxygen atoms in total. The molecule has 0 saturated carbocycles. The van der Waals surface area contributed by atoms with Gasteiger partial charge in [0.15, 0.2) is 0 Å². The van der Waals surface area contributed by atoms with E-state index in [1.807, 2.05) is 13.0 Å². The smallest absolute Gasteiger partial charge is 0.255 e. The standard InChI is InChI=1S/C19H27N3O2/c1-14-10-16(12-20-11-14)19(23)22-7-3-17-18(22)2-6-21(17)13-15-4-8-24-9-5-15/h10-12,15,17-18H,2-9,13H2,1H3/t17-,18+/m1/s1. The van der Waals surface area contributed by atoms with Gasteiger partial charge in [0.05, 0.1) is 5.56 Å². The van der Waals surface area contributed by atoms with Crippen LogP contribution in [0.2, 0.25) is 0 Å². The first-order valence-corrected chi connectivity index (χ1v) is 9.27. The quantitative estimate of drug-likeness (QED) is 0.852. The Kier molecular flexibility index (Phi) is 4.55. The van der Waals surface area contributed by atoms with E-state index < -0.39 is 0 Å². The molecule has 0 aromatic carbocycles. The Morgan fingerprint density at radius 1 is 1.17 bits per heavy atom. The van der Waals surface area contributed by atoms with Gasteiger partial charge in [0.25, 0.3) is 5.91 Å². The molecule has 1 aromatic rings. The van der Waals surface area contributed by atoms with Crippen molar-refractivity contribution in [3.05, 3.63) is 29.6 Å². The molecule has 1 aromatic heterocycles. The number of pyridine rings is 1. The minimum atomic E-state index is 0.159. The number of likely N-dealkylation sites (tertiary alicyclic amines) is 2. The summed E-state index contributed by atoms with van der Waals surface area (Å²) in [7, 11) is 0. The Bertz CT molecular complexity index is 600. The Morgan fingerprint density at radius 3 is 2.75 bits per heavy atom. The summed E-state index contributed by atoms with van der Waals surface area (Å²) >= 11 is 0. The van der Waals surface area contributed by atoms with Crippen LogP contribution in [-0.2, 0) is 4.74 Å². The molecular weight excluding hydrogens is 302 g/mol. The second-order valence-corrected chi connectivity index (χ2v) is 7.51. The Morgan fingerprint density at radius 2 is 1.96 bits per heavy atom. The molecule has 4 rings (SSSR count). The predicted octanol–water partition coefficient (Wildman–Crippen LogP) is 2.11. The van der Waals surface area contributed by atoms with Crippen LogP contribution in [0.1, 0.15) is 41.6 Å². The van der Waals surface area contributed by atoms with Crippen LogP contribution < -0.4 is 0 Å². The number of ether oxygens (including phenoxy) is 1. The van der Waals surface area contributed by atoms with E-state index in [1.54, 1.807) is 12.4 Å². The molecular formula is C19H27N3O2. The third-order valence-electron chi connectivity index (χ3n) is 5.91. The average Bonchev–Trinajstić information content (AvgIpc) is 3.18. The summed E-state index contributed by atoms with van der Waals surface area (Å²) < 4.78 is 5.48. The number of fused-ring (bicyclic) bond motifs is 1. The zero-order valence-corrected chi connectivity index (χ0v) is 14.5. The van der Waals surface area contributed by atoms with E-state index in [2.05, 4.69) is 14.8 Å². The van der Waals surface area contributed by atoms with Gasteiger partial charge in [-0.05, 0) is 50.2 Å². The fourth-order valence-corrected chi connectivity index (χ4v) is 4.65. The highest BCUT2D eigenvalue weighted by molar-refractivity contribution is 5.94. The Labute approximate surface area is 144 Å². The van der Waals surface area contributed by atoms with Crippen molar-refractivity contribution in [1.29, 1.82) is 0 Å². The van der Waals surface area contributed by atoms with E-state index in [0.29, 0.717) is 12.1 Å². The van der Waals surface area contributed by atoms with Crippen molar-refractivity contribution < 1.29 is 9.53 Å². The van der Waals surface area contributed by atoms with E-state index in [9.17, 15) is 4.79 Å². The largest absolute Gasteiger partial charge is 0.381 e. The first-order valence-electron chi connectivity index (χ1n) is 9.27. The highest BCUT2D eigenvalue weighted by atomic mass is 16.5. The summed E-state index contributed by atoms with van der Waals surface area (Å²) in [4.78, 5) is 21.8. The van der Waals surface area contributed by atoms with Crippen molar-refractivity contribution in [2.24, 2.45) is 5.92 Å². The number of hydrogen-bond donors (Lipinski definition) is 0. The third-order valence-corrected chi connectivity index (χ3v) is 5.91. The van der Waals surface area contributed by atoms with E-state index in [-0.39, 0.29) is 5.91 Å². The van der Waals surface area contributed by atoms with Gasteiger partial charge in [0.2, 0.25) is 0 Å². The molecule has 130 valence electrons. The second kappa shape index (κ2) is 6.81. The normalized spacial score (nSPS) is 28.3. The maximum absolute atomic E-state index is 12.9. The molecule has 0 aliphatic carbocycles. The van der Waals surface area contributed by atoms with Gasteiger partial charge in [0, 0.05) is 57.3 Å². The molecule has 1 amide bonds. The number of aryl methyl sites for hydroxylation is 1. The topological polar surface area (TPSA) is 45.7 Å². The van der Waals surface area contributed by atoms with Crippen LogP contribution in [-0.4, -0.2) is 65.6 Å². The van der Waals surface area contributed by atoms with Crippen LogP contribution in [0.25, 0.3) is 0 Å². The van der Waals surface area contributed by atoms with E-state index in [1.165, 1.54) is 19.4 Å². The number of amides is 1. The highest BCUT2D eigenvalue weighted by Gasteiger charge is 2.44. The molecule has 24 heavy (non-hydrogen) atoms. The number of aromatic nitrogens is 1. The van der Waals surface area contributed by atoms with Crippen molar-refractivity contribution in [2.75, 3.05) is 32.8 Å². The van der Waals surface area contributed by atoms with E-state index >= 15 is 0 Å². The maximum Gasteiger partial charge on any atom is 0.255 e. The van der Waals surface area contributed by atoms with Crippen LogP contribution in [0.3, 0.4) is 0 Å². The molecule has 5 heteroatoms. The summed E-state index contributed by atoms with van der Waals surface area (Å²) in [5.74, 6) is 0.926. The van der Waals surface area contributed by atoms with Crippen LogP contribution in [0, 0.1) is 12.8 Å². The lowest BCUT2D eigenvalue weighted by molar-refractivity contribution is 0.0502. The molecule has 3 fully saturated rings. The van der Waals surface area contributed by atoms with Gasteiger partial charge in [-0.1, -0.05) is 0 Å². The number of rotatable bonds is 3. The lowest BCUT2D eigenvalue weighted by Crippen LogP contribution is -2.41. The summed E-state index contributed by atoms with van der Waals surface area (Å²) in [5, 5.41) is 0. The van der Waals surface area contributed by atoms with Crippen molar-refractivity contribution in [1.82, 2.24) is 14.8 Å². The van der Waals surface area contributed by atoms with Gasteiger partial charge in [0.1, 0.15) is 0 Å². The Balaban J connectivity index is 1.41. The fraction of sp³-hybridized carbons (Fsp3) is 0.684. The summed E-state index contributed by atoms with van der Waals surface area (Å²) in [5.41, 5.74) is 1.78. The monoisotopic (exact) mass is 329 g/mol. The molecule has 0 unspecified atom stereocenters. The second-order valence-electron chi connectivity index (χ2n) is 7.51. The van der Waals surface area contributed by atoms with Gasteiger partial charge in [-0.3, -0.25) is 14.7 Å². The van der Waals surface area contributed by atoms with Crippen molar-refractivity contribution in [3.63, 3.8) is 0 Å². The van der Waals surface area contributed by atoms with E-state index in [0.717, 1.165) is 56.2 Å². The van der Waals surface area contributed by atoms with Gasteiger partial charge >= 0.3 is 0 Å². The number of carbonyl (C=O) groups excluding carboxylic acids is 1. The van der Waals surface area contributed by atoms with Gasteiger partial charge in [-0.2, -0.15) is 0 Å². The zero-order chi connectivity index (χ0) is 16.5. The third kappa shape index (κ3) is 3.07. The molecule has 3 aliphatic heterocycles. The SMILES string of the molecule is Cc1cncc(C(=O)N2CC[C@@H]3[C@@H]2CCN3CC2CCOCC2)c1. The molecule has 4 heterocycles. The highest BCUT2D eigenvalue weighted by Crippen LogP contribution is 2.34. The fourth-order valence-electron chi connectivity index (χ4n) is 4.65. The van der Waals surface area contributed by atoms with Crippen LogP contribution >= 0.6 is 0 Å². The van der Waals surface area contributed by atoms with Crippen LogP contribution in [0.4, 0.5) is 0 Å². The minimum Gasteiger partial charge on any atom is -0.381 e. The maximum atomic E-state index is 12.9. The lowest BCUT2D eigenvalue weighted by atomic mass is 9.99. The zero-order valence-electron chi connectivity index (χ0n) is 14.5. The number of hydrogen-bond acceptors (Lipinski definition) is 4. The van der Waals surface area contributed by atoms with Crippen molar-refractivity contribution in [3.8, 4) is 0 Å². The van der Waals surface area contributed by atoms with Crippen molar-refractivity contribution in [2.45, 2.75) is 44.7 Å². The van der Waals surface area contributed by atoms with Gasteiger partial charge in [-0.15, -0.1) is 0 Å². The molecule has 0 N–H and O–H groups in total. The predicted molar refractivity (Wildman–Crippen MR) is 91.9 cm³/mol. The van der Waals surface area contributed by atoms with E-state index in [4.69, 9.17) is 4.74 Å². The molecule has 3 saturated heterocycles. The van der Waals surface area contributed by atoms with Crippen molar-refractivity contribution >= 4 is 5.91 Å². The molecule has 2 atom stereocenters. The lowest BCUT2D eigenvalue weighted by Gasteiger charge is -2.30. The summed E-state index contributed by atoms with van der Waals surface area (Å²) in [6, 6.07) is 2.89. The first-order chi connectivity index (χ1) is 11.7. The van der Waals surface area contributed by atoms with Gasteiger partial charge < -0.3 is 9.64 Å². The Hall–Kier alpha value is -1.46. The minimum absolute atomic E-state index is 0.159. The average molecular weight is 329 g/mol. The van der Waals surface area contributed by atoms with Crippen LogP contribution in [0.5, 0.6) is 0 Å². The molecule has 3 aliphatic rings. The number of nitrogens with zero attached hydrogens (tertiary/aromatic N) is 3.